The molecule has 0 aliphatic carbocycles. The highest BCUT2D eigenvalue weighted by Crippen LogP contribution is 2.28. The zero-order valence-corrected chi connectivity index (χ0v) is 14.5. The summed E-state index contributed by atoms with van der Waals surface area (Å²) >= 11 is 1.07. The van der Waals surface area contributed by atoms with E-state index >= 15 is 0 Å². The van der Waals surface area contributed by atoms with E-state index in [2.05, 4.69) is 13.0 Å². The molecule has 0 amide bonds. The van der Waals surface area contributed by atoms with Crippen LogP contribution in [0.25, 0.3) is 0 Å². The number of benzene rings is 2. The van der Waals surface area contributed by atoms with Crippen molar-refractivity contribution in [3.05, 3.63) is 58.9 Å². The molecular formula is C19H21FO2S. The summed E-state index contributed by atoms with van der Waals surface area (Å²) in [6.45, 7) is 5.98. The van der Waals surface area contributed by atoms with Crippen LogP contribution in [0.1, 0.15) is 37.0 Å². The number of halogens is 1. The standard InChI is InChI=1S/C19H21FO2S/c1-4-14-9-10-17(13(3)11-14)22-12-15-16(20)7-6-8-18(15)23-19(21)5-2/h6-11H,4-5,12H2,1-3H3. The average molecular weight is 332 g/mol. The van der Waals surface area contributed by atoms with Gasteiger partial charge in [0.15, 0.2) is 5.12 Å². The summed E-state index contributed by atoms with van der Waals surface area (Å²) in [5, 5.41) is 0.0142. The van der Waals surface area contributed by atoms with Crippen LogP contribution in [0, 0.1) is 12.7 Å². The van der Waals surface area contributed by atoms with E-state index in [9.17, 15) is 9.18 Å². The molecule has 2 aromatic rings. The highest BCUT2D eigenvalue weighted by Gasteiger charge is 2.13. The summed E-state index contributed by atoms with van der Waals surface area (Å²) in [7, 11) is 0. The first-order chi connectivity index (χ1) is 11.0. The molecule has 2 aromatic carbocycles. The van der Waals surface area contributed by atoms with E-state index in [4.69, 9.17) is 4.74 Å². The van der Waals surface area contributed by atoms with Crippen LogP contribution in [0.2, 0.25) is 0 Å². The van der Waals surface area contributed by atoms with E-state index in [0.29, 0.717) is 16.9 Å². The van der Waals surface area contributed by atoms with Crippen LogP contribution in [0.4, 0.5) is 4.39 Å². The fourth-order valence-corrected chi connectivity index (χ4v) is 3.03. The molecule has 0 saturated heterocycles. The predicted molar refractivity (Wildman–Crippen MR) is 92.4 cm³/mol. The monoisotopic (exact) mass is 332 g/mol. The summed E-state index contributed by atoms with van der Waals surface area (Å²) in [5.74, 6) is 0.393. The molecule has 0 aliphatic rings. The normalized spacial score (nSPS) is 10.6. The second kappa shape index (κ2) is 8.16. The Kier molecular flexibility index (Phi) is 6.22. The topological polar surface area (TPSA) is 26.3 Å². The predicted octanol–water partition coefficient (Wildman–Crippen LogP) is 5.30. The number of aryl methyl sites for hydroxylation is 2. The van der Waals surface area contributed by atoms with Crippen molar-refractivity contribution >= 4 is 16.9 Å². The van der Waals surface area contributed by atoms with Gasteiger partial charge >= 0.3 is 0 Å². The van der Waals surface area contributed by atoms with E-state index in [0.717, 1.165) is 29.5 Å². The van der Waals surface area contributed by atoms with Crippen LogP contribution in [0.3, 0.4) is 0 Å². The van der Waals surface area contributed by atoms with Gasteiger partial charge in [-0.1, -0.05) is 43.8 Å². The van der Waals surface area contributed by atoms with Crippen LogP contribution in [-0.2, 0) is 17.8 Å². The van der Waals surface area contributed by atoms with Gasteiger partial charge in [0.05, 0.1) is 0 Å². The Morgan fingerprint density at radius 2 is 2.00 bits per heavy atom. The first-order valence-corrected chi connectivity index (χ1v) is 8.57. The van der Waals surface area contributed by atoms with Crippen molar-refractivity contribution in [2.75, 3.05) is 0 Å². The van der Waals surface area contributed by atoms with Crippen LogP contribution >= 0.6 is 11.8 Å². The number of thioether (sulfide) groups is 1. The van der Waals surface area contributed by atoms with E-state index in [1.165, 1.54) is 11.6 Å². The lowest BCUT2D eigenvalue weighted by Gasteiger charge is -2.13. The Hall–Kier alpha value is -1.81. The maximum Gasteiger partial charge on any atom is 0.193 e. The minimum atomic E-state index is -0.346. The largest absolute Gasteiger partial charge is 0.488 e. The lowest BCUT2D eigenvalue weighted by Crippen LogP contribution is -2.03. The molecule has 0 N–H and O–H groups in total. The first-order valence-electron chi connectivity index (χ1n) is 7.75. The smallest absolute Gasteiger partial charge is 0.193 e. The fraction of sp³-hybridized carbons (Fsp3) is 0.316. The maximum atomic E-state index is 14.1. The van der Waals surface area contributed by atoms with Gasteiger partial charge in [-0.05, 0) is 42.7 Å². The van der Waals surface area contributed by atoms with Gasteiger partial charge in [-0.15, -0.1) is 0 Å². The Balaban J connectivity index is 2.18. The molecule has 4 heteroatoms. The van der Waals surface area contributed by atoms with Crippen molar-refractivity contribution in [3.8, 4) is 5.75 Å². The number of carbonyl (C=O) groups excluding carboxylic acids is 1. The van der Waals surface area contributed by atoms with Crippen molar-refractivity contribution in [3.63, 3.8) is 0 Å². The molecule has 23 heavy (non-hydrogen) atoms. The minimum Gasteiger partial charge on any atom is -0.488 e. The van der Waals surface area contributed by atoms with Gasteiger partial charge in [0, 0.05) is 16.9 Å². The van der Waals surface area contributed by atoms with Crippen LogP contribution in [0.15, 0.2) is 41.3 Å². The molecule has 0 aromatic heterocycles. The number of carbonyl (C=O) groups is 1. The molecule has 0 atom stereocenters. The van der Waals surface area contributed by atoms with Crippen molar-refractivity contribution in [1.82, 2.24) is 0 Å². The highest BCUT2D eigenvalue weighted by atomic mass is 32.2. The Morgan fingerprint density at radius 1 is 1.22 bits per heavy atom. The van der Waals surface area contributed by atoms with Crippen LogP contribution in [-0.4, -0.2) is 5.12 Å². The molecule has 122 valence electrons. The summed E-state index contributed by atoms with van der Waals surface area (Å²) in [5.41, 5.74) is 2.70. The molecule has 0 radical (unpaired) electrons. The lowest BCUT2D eigenvalue weighted by molar-refractivity contribution is -0.110. The molecule has 2 rings (SSSR count). The van der Waals surface area contributed by atoms with E-state index in [-0.39, 0.29) is 17.5 Å². The maximum absolute atomic E-state index is 14.1. The third kappa shape index (κ3) is 4.58. The van der Waals surface area contributed by atoms with Crippen LogP contribution < -0.4 is 4.74 Å². The zero-order chi connectivity index (χ0) is 16.8. The van der Waals surface area contributed by atoms with Crippen molar-refractivity contribution in [1.29, 1.82) is 0 Å². The quantitative estimate of drug-likeness (QED) is 0.671. The molecule has 0 saturated carbocycles. The van der Waals surface area contributed by atoms with E-state index in [1.807, 2.05) is 19.1 Å². The Morgan fingerprint density at radius 3 is 2.65 bits per heavy atom. The molecule has 0 spiro atoms. The van der Waals surface area contributed by atoms with Crippen LogP contribution in [0.5, 0.6) is 5.75 Å². The summed E-state index contributed by atoms with van der Waals surface area (Å²) in [4.78, 5) is 12.3. The third-order valence-corrected chi connectivity index (χ3v) is 4.73. The fourth-order valence-electron chi connectivity index (χ4n) is 2.21. The van der Waals surface area contributed by atoms with E-state index < -0.39 is 0 Å². The first kappa shape index (κ1) is 17.5. The number of rotatable bonds is 6. The third-order valence-electron chi connectivity index (χ3n) is 3.61. The molecule has 0 fully saturated rings. The molecule has 0 heterocycles. The second-order valence-electron chi connectivity index (χ2n) is 5.29. The Bertz CT molecular complexity index is 698. The lowest BCUT2D eigenvalue weighted by atomic mass is 10.1. The minimum absolute atomic E-state index is 0.0142. The Labute approximate surface area is 141 Å². The van der Waals surface area contributed by atoms with E-state index in [1.54, 1.807) is 19.1 Å². The molecule has 0 unspecified atom stereocenters. The van der Waals surface area contributed by atoms with Gasteiger partial charge in [0.1, 0.15) is 18.2 Å². The van der Waals surface area contributed by atoms with Crippen molar-refractivity contribution in [2.24, 2.45) is 0 Å². The summed E-state index contributed by atoms with van der Waals surface area (Å²) in [6.07, 6.45) is 1.38. The molecular weight excluding hydrogens is 311 g/mol. The number of hydrogen-bond donors (Lipinski definition) is 0. The van der Waals surface area contributed by atoms with Crippen molar-refractivity contribution < 1.29 is 13.9 Å². The van der Waals surface area contributed by atoms with Gasteiger partial charge in [-0.3, -0.25) is 4.79 Å². The molecule has 2 nitrogen and oxygen atoms in total. The molecule has 0 aliphatic heterocycles. The second-order valence-corrected chi connectivity index (χ2v) is 6.39. The summed E-state index contributed by atoms with van der Waals surface area (Å²) in [6, 6.07) is 10.8. The molecule has 0 bridgehead atoms. The highest BCUT2D eigenvalue weighted by molar-refractivity contribution is 8.13. The van der Waals surface area contributed by atoms with Gasteiger partial charge in [-0.2, -0.15) is 0 Å². The van der Waals surface area contributed by atoms with Gasteiger partial charge in [-0.25, -0.2) is 4.39 Å². The number of hydrogen-bond acceptors (Lipinski definition) is 3. The SMILES string of the molecule is CCC(=O)Sc1cccc(F)c1COc1ccc(CC)cc1C. The van der Waals surface area contributed by atoms with Gasteiger partial charge < -0.3 is 4.74 Å². The average Bonchev–Trinajstić information content (AvgIpc) is 2.55. The zero-order valence-electron chi connectivity index (χ0n) is 13.7. The van der Waals surface area contributed by atoms with Gasteiger partial charge in [0.2, 0.25) is 0 Å². The summed E-state index contributed by atoms with van der Waals surface area (Å²) < 4.78 is 19.9. The van der Waals surface area contributed by atoms with Gasteiger partial charge in [0.25, 0.3) is 0 Å². The van der Waals surface area contributed by atoms with Crippen molar-refractivity contribution in [2.45, 2.75) is 45.1 Å². The number of ether oxygens (including phenoxy) is 1.